The summed E-state index contributed by atoms with van der Waals surface area (Å²) in [6.45, 7) is 4.56. The average Bonchev–Trinajstić information content (AvgIpc) is 3.72. The third-order valence-electron chi connectivity index (χ3n) is 9.70. The molecule has 1 aliphatic heterocycles. The van der Waals surface area contributed by atoms with Gasteiger partial charge in [0, 0.05) is 62.7 Å². The van der Waals surface area contributed by atoms with Crippen LogP contribution in [0.5, 0.6) is 23.0 Å². The van der Waals surface area contributed by atoms with E-state index in [0.29, 0.717) is 0 Å². The summed E-state index contributed by atoms with van der Waals surface area (Å²) in [5, 5.41) is 5.60. The summed E-state index contributed by atoms with van der Waals surface area (Å²) in [7, 11) is 0. The lowest BCUT2D eigenvalue weighted by atomic mass is 9.75. The highest BCUT2D eigenvalue weighted by Gasteiger charge is 2.37. The van der Waals surface area contributed by atoms with Crippen LogP contribution in [-0.4, -0.2) is 18.9 Å². The molecule has 0 saturated carbocycles. The van der Waals surface area contributed by atoms with Crippen molar-refractivity contribution in [2.24, 2.45) is 0 Å². The Bertz CT molecular complexity index is 2740. The van der Waals surface area contributed by atoms with E-state index in [1.165, 1.54) is 5.39 Å². The largest absolute Gasteiger partial charge is 0.457 e. The highest BCUT2D eigenvalue weighted by molar-refractivity contribution is 6.12. The van der Waals surface area contributed by atoms with Gasteiger partial charge in [-0.2, -0.15) is 0 Å². The first-order chi connectivity index (χ1) is 23.1. The monoisotopic (exact) mass is 608 g/mol. The molecular weight excluding hydrogens is 580 g/mol. The van der Waals surface area contributed by atoms with Crippen LogP contribution in [0.3, 0.4) is 0 Å². The molecule has 10 rings (SSSR count). The van der Waals surface area contributed by atoms with Crippen molar-refractivity contribution < 1.29 is 9.47 Å². The average molecular weight is 609 g/mol. The Balaban J connectivity index is 1.15. The number of rotatable bonds is 3. The van der Waals surface area contributed by atoms with Crippen LogP contribution in [0.25, 0.3) is 54.9 Å². The van der Waals surface area contributed by atoms with E-state index in [9.17, 15) is 0 Å². The standard InChI is InChI=1S/C41H28N4O2/c1-41(2)33-13-4-6-15-35(33)47-36-19-18-30-31-12-8-20-42-40(31)45(38(30)37(36)41)25-9-7-10-26(23-25)46-27-16-17-28-29-11-3-5-14-34(29)44-22-21-43-39(44)32(28)24-27/h3-24H,1-2H3. The fourth-order valence-electron chi connectivity index (χ4n) is 7.62. The zero-order valence-electron chi connectivity index (χ0n) is 25.8. The maximum Gasteiger partial charge on any atom is 0.145 e. The van der Waals surface area contributed by atoms with Crippen LogP contribution in [0.2, 0.25) is 0 Å². The van der Waals surface area contributed by atoms with E-state index >= 15 is 0 Å². The van der Waals surface area contributed by atoms with Crippen LogP contribution in [0.15, 0.2) is 134 Å². The van der Waals surface area contributed by atoms with Crippen molar-refractivity contribution in [1.29, 1.82) is 0 Å². The number of fused-ring (bicyclic) bond motifs is 12. The fourth-order valence-corrected chi connectivity index (χ4v) is 7.62. The number of hydrogen-bond acceptors (Lipinski definition) is 4. The van der Waals surface area contributed by atoms with Crippen LogP contribution in [0.1, 0.15) is 25.0 Å². The highest BCUT2D eigenvalue weighted by atomic mass is 16.5. The molecule has 0 bridgehead atoms. The normalized spacial score (nSPS) is 13.7. The number of ether oxygens (including phenoxy) is 2. The van der Waals surface area contributed by atoms with Crippen LogP contribution in [0.4, 0.5) is 0 Å². The minimum atomic E-state index is -0.308. The van der Waals surface area contributed by atoms with E-state index < -0.39 is 0 Å². The maximum absolute atomic E-state index is 6.59. The Morgan fingerprint density at radius 1 is 0.617 bits per heavy atom. The second-order valence-electron chi connectivity index (χ2n) is 12.7. The third kappa shape index (κ3) is 3.66. The summed E-state index contributed by atoms with van der Waals surface area (Å²) < 4.78 is 17.5. The summed E-state index contributed by atoms with van der Waals surface area (Å²) in [6.07, 6.45) is 5.72. The van der Waals surface area contributed by atoms with Crippen molar-refractivity contribution in [2.45, 2.75) is 19.3 Å². The molecule has 6 heteroatoms. The molecule has 0 spiro atoms. The van der Waals surface area contributed by atoms with E-state index in [-0.39, 0.29) is 5.41 Å². The van der Waals surface area contributed by atoms with E-state index in [0.717, 1.165) is 83.7 Å². The molecule has 0 atom stereocenters. The van der Waals surface area contributed by atoms with Crippen LogP contribution in [-0.2, 0) is 5.41 Å². The number of aromatic nitrogens is 4. The van der Waals surface area contributed by atoms with Gasteiger partial charge < -0.3 is 9.47 Å². The summed E-state index contributed by atoms with van der Waals surface area (Å²) in [5.74, 6) is 3.25. The van der Waals surface area contributed by atoms with Crippen molar-refractivity contribution >= 4 is 49.3 Å². The lowest BCUT2D eigenvalue weighted by Gasteiger charge is -2.35. The molecule has 5 aromatic carbocycles. The topological polar surface area (TPSA) is 53.6 Å². The van der Waals surface area contributed by atoms with Crippen molar-refractivity contribution in [3.63, 3.8) is 0 Å². The van der Waals surface area contributed by atoms with Gasteiger partial charge in [-0.3, -0.25) is 8.97 Å². The number of hydrogen-bond donors (Lipinski definition) is 0. The lowest BCUT2D eigenvalue weighted by Crippen LogP contribution is -2.25. The summed E-state index contributed by atoms with van der Waals surface area (Å²) in [5.41, 5.74) is 6.98. The molecule has 6 nitrogen and oxygen atoms in total. The van der Waals surface area contributed by atoms with Crippen LogP contribution >= 0.6 is 0 Å². The van der Waals surface area contributed by atoms with Crippen molar-refractivity contribution in [2.75, 3.05) is 0 Å². The minimum Gasteiger partial charge on any atom is -0.457 e. The zero-order chi connectivity index (χ0) is 31.3. The molecule has 0 aliphatic carbocycles. The Morgan fingerprint density at radius 2 is 1.43 bits per heavy atom. The van der Waals surface area contributed by atoms with Crippen LogP contribution in [0, 0.1) is 0 Å². The van der Waals surface area contributed by atoms with E-state index in [4.69, 9.17) is 19.4 Å². The predicted molar refractivity (Wildman–Crippen MR) is 187 cm³/mol. The molecule has 4 aromatic heterocycles. The zero-order valence-corrected chi connectivity index (χ0v) is 25.8. The molecule has 9 aromatic rings. The van der Waals surface area contributed by atoms with Gasteiger partial charge in [0.15, 0.2) is 0 Å². The predicted octanol–water partition coefficient (Wildman–Crippen LogP) is 10.4. The van der Waals surface area contributed by atoms with E-state index in [2.05, 4.69) is 108 Å². The smallest absolute Gasteiger partial charge is 0.145 e. The maximum atomic E-state index is 6.59. The van der Waals surface area contributed by atoms with E-state index in [1.54, 1.807) is 0 Å². The Kier molecular flexibility index (Phi) is 5.24. The molecule has 0 radical (unpaired) electrons. The lowest BCUT2D eigenvalue weighted by molar-refractivity contribution is 0.420. The molecule has 0 amide bonds. The number of para-hydroxylation sites is 2. The number of pyridine rings is 2. The van der Waals surface area contributed by atoms with Gasteiger partial charge in [0.25, 0.3) is 0 Å². The fraction of sp³-hybridized carbons (Fsp3) is 0.0732. The Labute approximate surface area is 270 Å². The molecule has 47 heavy (non-hydrogen) atoms. The molecular formula is C41H28N4O2. The molecule has 0 unspecified atom stereocenters. The molecule has 5 heterocycles. The van der Waals surface area contributed by atoms with Gasteiger partial charge in [-0.15, -0.1) is 0 Å². The molecule has 0 N–H and O–H groups in total. The first kappa shape index (κ1) is 26.1. The highest BCUT2D eigenvalue weighted by Crippen LogP contribution is 2.52. The Hall–Kier alpha value is -6.14. The van der Waals surface area contributed by atoms with Crippen LogP contribution < -0.4 is 9.47 Å². The van der Waals surface area contributed by atoms with E-state index in [1.807, 2.05) is 48.9 Å². The third-order valence-corrected chi connectivity index (χ3v) is 9.70. The van der Waals surface area contributed by atoms with Gasteiger partial charge >= 0.3 is 0 Å². The summed E-state index contributed by atoms with van der Waals surface area (Å²) in [4.78, 5) is 9.60. The first-order valence-electron chi connectivity index (χ1n) is 15.8. The van der Waals surface area contributed by atoms with Gasteiger partial charge in [0.2, 0.25) is 0 Å². The van der Waals surface area contributed by atoms with Crippen molar-refractivity contribution in [3.8, 4) is 28.7 Å². The van der Waals surface area contributed by atoms with Gasteiger partial charge in [0.05, 0.1) is 16.7 Å². The van der Waals surface area contributed by atoms with Crippen molar-refractivity contribution in [3.05, 3.63) is 145 Å². The Morgan fingerprint density at radius 3 is 2.38 bits per heavy atom. The molecule has 0 fully saturated rings. The molecule has 0 saturated heterocycles. The number of imidazole rings is 1. The van der Waals surface area contributed by atoms with Gasteiger partial charge in [-0.1, -0.05) is 56.3 Å². The second-order valence-corrected chi connectivity index (χ2v) is 12.7. The van der Waals surface area contributed by atoms with Gasteiger partial charge in [0.1, 0.15) is 34.3 Å². The summed E-state index contributed by atoms with van der Waals surface area (Å²) >= 11 is 0. The minimum absolute atomic E-state index is 0.308. The SMILES string of the molecule is CC1(C)c2ccccc2Oc2ccc3c4cccnc4n(-c4cccc(Oc5ccc6c7ccccc7n7ccnc7c6c5)c4)c3c21. The summed E-state index contributed by atoms with van der Waals surface area (Å²) in [6, 6.07) is 39.7. The van der Waals surface area contributed by atoms with Crippen molar-refractivity contribution in [1.82, 2.24) is 18.9 Å². The van der Waals surface area contributed by atoms with Gasteiger partial charge in [-0.05, 0) is 72.1 Å². The number of benzene rings is 5. The first-order valence-corrected chi connectivity index (χ1v) is 15.8. The molecule has 224 valence electrons. The van der Waals surface area contributed by atoms with Gasteiger partial charge in [-0.25, -0.2) is 9.97 Å². The number of nitrogens with zero attached hydrogens (tertiary/aromatic N) is 4. The second kappa shape index (κ2) is 9.44. The molecule has 1 aliphatic rings. The quantitative estimate of drug-likeness (QED) is 0.187.